The molecule has 0 heterocycles. The van der Waals surface area contributed by atoms with Gasteiger partial charge in [0.15, 0.2) is 0 Å². The number of carbonyl (C=O) groups is 2. The van der Waals surface area contributed by atoms with Gasteiger partial charge in [0.25, 0.3) is 5.69 Å². The zero-order valence-electron chi connectivity index (χ0n) is 16.2. The van der Waals surface area contributed by atoms with Crippen LogP contribution in [0.2, 0.25) is 0 Å². The summed E-state index contributed by atoms with van der Waals surface area (Å²) < 4.78 is 13.1. The van der Waals surface area contributed by atoms with Crippen molar-refractivity contribution in [2.75, 3.05) is 18.8 Å². The molecule has 0 fully saturated rings. The fourth-order valence-corrected chi connectivity index (χ4v) is 2.81. The highest BCUT2D eigenvalue weighted by Gasteiger charge is 2.13. The summed E-state index contributed by atoms with van der Waals surface area (Å²) >= 11 is 1.36. The van der Waals surface area contributed by atoms with E-state index in [1.807, 2.05) is 0 Å². The molecule has 0 aromatic heterocycles. The molecule has 0 spiro atoms. The first-order valence-corrected chi connectivity index (χ1v) is 10.1. The third-order valence-electron chi connectivity index (χ3n) is 3.52. The lowest BCUT2D eigenvalue weighted by Gasteiger charge is -2.13. The van der Waals surface area contributed by atoms with Gasteiger partial charge in [0.2, 0.25) is 5.91 Å². The van der Waals surface area contributed by atoms with E-state index in [1.165, 1.54) is 36.2 Å². The lowest BCUT2D eigenvalue weighted by Crippen LogP contribution is -2.28. The molecule has 0 aliphatic carbocycles. The molecule has 0 aliphatic heterocycles. The molecule has 0 aliphatic rings. The van der Waals surface area contributed by atoms with Crippen LogP contribution in [0.15, 0.2) is 24.3 Å². The Morgan fingerprint density at radius 1 is 1.31 bits per heavy atom. The number of terminal acetylenes is 1. The van der Waals surface area contributed by atoms with Crippen LogP contribution in [0.5, 0.6) is 5.75 Å². The number of amides is 1. The van der Waals surface area contributed by atoms with Gasteiger partial charge in [-0.2, -0.15) is 0 Å². The van der Waals surface area contributed by atoms with E-state index in [0.717, 1.165) is 19.3 Å². The second-order valence-electron chi connectivity index (χ2n) is 5.99. The Balaban J connectivity index is 2.10. The van der Waals surface area contributed by atoms with Crippen LogP contribution in [0.3, 0.4) is 0 Å². The fraction of sp³-hybridized carbons (Fsp3) is 0.474. The zero-order valence-corrected chi connectivity index (χ0v) is 17.0. The van der Waals surface area contributed by atoms with Crippen LogP contribution in [0.1, 0.15) is 32.6 Å². The summed E-state index contributed by atoms with van der Waals surface area (Å²) in [6.07, 6.45) is 6.66. The van der Waals surface area contributed by atoms with E-state index in [9.17, 15) is 19.7 Å². The van der Waals surface area contributed by atoms with E-state index >= 15 is 0 Å². The standard InChI is InChI=1S/C19H25N3O6S/c1-3-4-5-6-12-20-18(23)11-13-29-21-14-15(2)27-19(24)28-17-9-7-16(8-10-17)22(25)26/h1,7-10,15,21H,4-6,11-14H2,2H3,(H,20,23). The molecule has 1 aromatic rings. The molecule has 0 bridgehead atoms. The van der Waals surface area contributed by atoms with E-state index in [-0.39, 0.29) is 17.3 Å². The van der Waals surface area contributed by atoms with Crippen LogP contribution in [-0.2, 0) is 9.53 Å². The van der Waals surface area contributed by atoms with Gasteiger partial charge in [-0.1, -0.05) is 11.9 Å². The molecule has 9 nitrogen and oxygen atoms in total. The van der Waals surface area contributed by atoms with Crippen molar-refractivity contribution in [2.45, 2.75) is 38.7 Å². The summed E-state index contributed by atoms with van der Waals surface area (Å²) in [5.74, 6) is 3.27. The topological polar surface area (TPSA) is 120 Å². The predicted molar refractivity (Wildman–Crippen MR) is 110 cm³/mol. The highest BCUT2D eigenvalue weighted by Crippen LogP contribution is 2.17. The Morgan fingerprint density at radius 2 is 2.03 bits per heavy atom. The number of benzene rings is 1. The van der Waals surface area contributed by atoms with Gasteiger partial charge < -0.3 is 14.8 Å². The van der Waals surface area contributed by atoms with Crippen LogP contribution in [0.25, 0.3) is 0 Å². The Labute approximate surface area is 174 Å². The zero-order chi connectivity index (χ0) is 21.5. The number of non-ortho nitro benzene ring substituents is 1. The summed E-state index contributed by atoms with van der Waals surface area (Å²) in [7, 11) is 0. The first-order chi connectivity index (χ1) is 13.9. The molecule has 1 unspecified atom stereocenters. The predicted octanol–water partition coefficient (Wildman–Crippen LogP) is 3.05. The van der Waals surface area contributed by atoms with E-state index in [4.69, 9.17) is 15.9 Å². The average molecular weight is 423 g/mol. The first-order valence-electron chi connectivity index (χ1n) is 9.10. The molecule has 1 atom stereocenters. The Morgan fingerprint density at radius 3 is 2.69 bits per heavy atom. The summed E-state index contributed by atoms with van der Waals surface area (Å²) in [6, 6.07) is 5.10. The van der Waals surface area contributed by atoms with Crippen LogP contribution < -0.4 is 14.8 Å². The number of ether oxygens (including phenoxy) is 2. The van der Waals surface area contributed by atoms with Crippen molar-refractivity contribution in [1.29, 1.82) is 0 Å². The van der Waals surface area contributed by atoms with Gasteiger partial charge in [-0.05, 0) is 31.9 Å². The van der Waals surface area contributed by atoms with Gasteiger partial charge in [-0.15, -0.1) is 12.3 Å². The lowest BCUT2D eigenvalue weighted by atomic mass is 10.2. The molecule has 10 heteroatoms. The van der Waals surface area contributed by atoms with Gasteiger partial charge in [-0.3, -0.25) is 19.6 Å². The SMILES string of the molecule is C#CCCCCNC(=O)CCSNCC(C)OC(=O)Oc1ccc([N+](=O)[O-])cc1. The third-order valence-corrected chi connectivity index (χ3v) is 4.30. The summed E-state index contributed by atoms with van der Waals surface area (Å²) in [5, 5.41) is 13.4. The van der Waals surface area contributed by atoms with Crippen molar-refractivity contribution < 1.29 is 24.0 Å². The Kier molecular flexibility index (Phi) is 11.9. The fourth-order valence-electron chi connectivity index (χ4n) is 2.02. The molecule has 158 valence electrons. The summed E-state index contributed by atoms with van der Waals surface area (Å²) in [4.78, 5) is 33.4. The molecule has 29 heavy (non-hydrogen) atoms. The number of nitro benzene ring substituents is 1. The number of hydrogen-bond acceptors (Lipinski definition) is 8. The molecule has 1 amide bonds. The monoisotopic (exact) mass is 423 g/mol. The molecule has 1 aromatic carbocycles. The van der Waals surface area contributed by atoms with Crippen LogP contribution >= 0.6 is 11.9 Å². The number of unbranched alkanes of at least 4 members (excludes halogenated alkanes) is 2. The first kappa shape index (κ1) is 24.3. The highest BCUT2D eigenvalue weighted by atomic mass is 32.2. The largest absolute Gasteiger partial charge is 0.514 e. The summed E-state index contributed by atoms with van der Waals surface area (Å²) in [6.45, 7) is 2.68. The van der Waals surface area contributed by atoms with Crippen molar-refractivity contribution >= 4 is 29.7 Å². The Hall–Kier alpha value is -2.77. The van der Waals surface area contributed by atoms with Crippen molar-refractivity contribution in [3.63, 3.8) is 0 Å². The van der Waals surface area contributed by atoms with Gasteiger partial charge in [0, 0.05) is 43.8 Å². The highest BCUT2D eigenvalue weighted by molar-refractivity contribution is 7.97. The van der Waals surface area contributed by atoms with E-state index in [0.29, 0.717) is 25.3 Å². The minimum absolute atomic E-state index is 0.0176. The third kappa shape index (κ3) is 11.6. The smallest absolute Gasteiger partial charge is 0.430 e. The summed E-state index contributed by atoms with van der Waals surface area (Å²) in [5.41, 5.74) is -0.0992. The maximum atomic E-state index is 11.7. The van der Waals surface area contributed by atoms with E-state index in [1.54, 1.807) is 6.92 Å². The van der Waals surface area contributed by atoms with Crippen LogP contribution in [-0.4, -0.2) is 41.9 Å². The second-order valence-corrected chi connectivity index (χ2v) is 6.98. The van der Waals surface area contributed by atoms with Gasteiger partial charge in [0.05, 0.1) is 4.92 Å². The lowest BCUT2D eigenvalue weighted by molar-refractivity contribution is -0.384. The quantitative estimate of drug-likeness (QED) is 0.0945. The second kappa shape index (κ2) is 14.3. The molecule has 0 radical (unpaired) electrons. The number of nitrogens with zero attached hydrogens (tertiary/aromatic N) is 1. The minimum Gasteiger partial charge on any atom is -0.430 e. The maximum absolute atomic E-state index is 11.7. The number of carbonyl (C=O) groups excluding carboxylic acids is 2. The number of rotatable bonds is 13. The van der Waals surface area contributed by atoms with Crippen LogP contribution in [0.4, 0.5) is 10.5 Å². The molecular formula is C19H25N3O6S. The van der Waals surface area contributed by atoms with Gasteiger partial charge >= 0.3 is 6.16 Å². The van der Waals surface area contributed by atoms with E-state index < -0.39 is 17.2 Å². The minimum atomic E-state index is -0.901. The van der Waals surface area contributed by atoms with Gasteiger partial charge in [-0.25, -0.2) is 4.79 Å². The van der Waals surface area contributed by atoms with Crippen molar-refractivity contribution in [3.8, 4) is 18.1 Å². The maximum Gasteiger partial charge on any atom is 0.514 e. The van der Waals surface area contributed by atoms with Crippen molar-refractivity contribution in [1.82, 2.24) is 10.0 Å². The van der Waals surface area contributed by atoms with Crippen molar-refractivity contribution in [3.05, 3.63) is 34.4 Å². The molecular weight excluding hydrogens is 398 g/mol. The average Bonchev–Trinajstić information content (AvgIpc) is 2.67. The van der Waals surface area contributed by atoms with Crippen LogP contribution in [0, 0.1) is 22.5 Å². The number of nitro groups is 1. The number of hydrogen-bond donors (Lipinski definition) is 2. The molecule has 1 rings (SSSR count). The Bertz CT molecular complexity index is 705. The molecule has 2 N–H and O–H groups in total. The van der Waals surface area contributed by atoms with Crippen molar-refractivity contribution in [2.24, 2.45) is 0 Å². The molecule has 0 saturated heterocycles. The van der Waals surface area contributed by atoms with E-state index in [2.05, 4.69) is 16.0 Å². The van der Waals surface area contributed by atoms with Gasteiger partial charge in [0.1, 0.15) is 11.9 Å². The number of nitrogens with one attached hydrogen (secondary N) is 2. The molecule has 0 saturated carbocycles. The normalized spacial score (nSPS) is 11.2.